The summed E-state index contributed by atoms with van der Waals surface area (Å²) in [4.78, 5) is 13.6. The highest BCUT2D eigenvalue weighted by atomic mass is 35.5. The molecule has 3 heteroatoms. The van der Waals surface area contributed by atoms with E-state index in [1.807, 2.05) is 18.2 Å². The Labute approximate surface area is 101 Å². The van der Waals surface area contributed by atoms with Crippen LogP contribution in [0, 0.1) is 0 Å². The first-order valence-electron chi connectivity index (χ1n) is 5.65. The van der Waals surface area contributed by atoms with Gasteiger partial charge in [-0.2, -0.15) is 0 Å². The van der Waals surface area contributed by atoms with Gasteiger partial charge in [0.1, 0.15) is 5.78 Å². The lowest BCUT2D eigenvalue weighted by Crippen LogP contribution is -2.40. The number of Topliss-reactive ketones (excluding diaryl/α,β-unsaturated/α-hetero) is 1. The van der Waals surface area contributed by atoms with Crippen LogP contribution in [-0.2, 0) is 11.3 Å². The van der Waals surface area contributed by atoms with Gasteiger partial charge < -0.3 is 0 Å². The number of halogens is 1. The molecule has 2 rings (SSSR count). The molecule has 0 N–H and O–H groups in total. The zero-order chi connectivity index (χ0) is 11.5. The number of ketones is 1. The Morgan fingerprint density at radius 3 is 3.00 bits per heavy atom. The lowest BCUT2D eigenvalue weighted by atomic mass is 10.0. The number of benzene rings is 1. The van der Waals surface area contributed by atoms with Gasteiger partial charge in [0.25, 0.3) is 0 Å². The predicted octanol–water partition coefficient (Wildman–Crippen LogP) is 2.89. The highest BCUT2D eigenvalue weighted by Gasteiger charge is 2.23. The molecule has 16 heavy (non-hydrogen) atoms. The zero-order valence-electron chi connectivity index (χ0n) is 9.45. The van der Waals surface area contributed by atoms with E-state index in [1.54, 1.807) is 0 Å². The van der Waals surface area contributed by atoms with Crippen LogP contribution in [0.2, 0.25) is 5.02 Å². The largest absolute Gasteiger partial charge is 0.300 e. The van der Waals surface area contributed by atoms with Gasteiger partial charge in [-0.05, 0) is 24.6 Å². The van der Waals surface area contributed by atoms with E-state index in [1.165, 1.54) is 5.56 Å². The van der Waals surface area contributed by atoms with Gasteiger partial charge in [0.15, 0.2) is 0 Å². The van der Waals surface area contributed by atoms with Crippen LogP contribution in [0.15, 0.2) is 24.3 Å². The number of carbonyl (C=O) groups excluding carboxylic acids is 1. The number of nitrogens with zero attached hydrogens (tertiary/aromatic N) is 1. The normalized spacial score (nSPS) is 22.4. The van der Waals surface area contributed by atoms with Crippen LogP contribution < -0.4 is 0 Å². The first-order valence-corrected chi connectivity index (χ1v) is 6.03. The van der Waals surface area contributed by atoms with Crippen LogP contribution in [0.5, 0.6) is 0 Å². The number of likely N-dealkylation sites (tertiary alicyclic amines) is 1. The van der Waals surface area contributed by atoms with Crippen LogP contribution in [-0.4, -0.2) is 23.3 Å². The first kappa shape index (κ1) is 11.6. The summed E-state index contributed by atoms with van der Waals surface area (Å²) in [5.41, 5.74) is 1.22. The fourth-order valence-corrected chi connectivity index (χ4v) is 2.37. The topological polar surface area (TPSA) is 20.3 Å². The van der Waals surface area contributed by atoms with Crippen molar-refractivity contribution in [3.63, 3.8) is 0 Å². The molecule has 0 amide bonds. The number of hydrogen-bond acceptors (Lipinski definition) is 2. The Kier molecular flexibility index (Phi) is 3.62. The maximum Gasteiger partial charge on any atom is 0.135 e. The fraction of sp³-hybridized carbons (Fsp3) is 0.462. The second-order valence-corrected chi connectivity index (χ2v) is 4.88. The minimum absolute atomic E-state index is 0.347. The van der Waals surface area contributed by atoms with Crippen molar-refractivity contribution in [3.05, 3.63) is 34.9 Å². The molecule has 1 aliphatic rings. The highest BCUT2D eigenvalue weighted by Crippen LogP contribution is 2.18. The molecule has 1 aromatic carbocycles. The van der Waals surface area contributed by atoms with E-state index in [4.69, 9.17) is 11.6 Å². The summed E-state index contributed by atoms with van der Waals surface area (Å²) in [6.45, 7) is 3.86. The maximum absolute atomic E-state index is 11.3. The second kappa shape index (κ2) is 4.98. The third kappa shape index (κ3) is 2.83. The Hall–Kier alpha value is -0.860. The molecule has 1 unspecified atom stereocenters. The smallest absolute Gasteiger partial charge is 0.135 e. The van der Waals surface area contributed by atoms with Crippen molar-refractivity contribution >= 4 is 17.4 Å². The van der Waals surface area contributed by atoms with Gasteiger partial charge in [-0.1, -0.05) is 23.7 Å². The maximum atomic E-state index is 11.3. The van der Waals surface area contributed by atoms with Crippen LogP contribution in [0.1, 0.15) is 25.3 Å². The summed E-state index contributed by atoms with van der Waals surface area (Å²) in [6.07, 6.45) is 1.37. The van der Waals surface area contributed by atoms with Crippen molar-refractivity contribution in [3.8, 4) is 0 Å². The molecule has 1 saturated heterocycles. The number of rotatable bonds is 2. The molecule has 0 saturated carbocycles. The van der Waals surface area contributed by atoms with E-state index in [0.29, 0.717) is 24.7 Å². The van der Waals surface area contributed by atoms with E-state index in [0.717, 1.165) is 18.1 Å². The first-order chi connectivity index (χ1) is 7.65. The lowest BCUT2D eigenvalue weighted by molar-refractivity contribution is -0.123. The van der Waals surface area contributed by atoms with Gasteiger partial charge in [-0.15, -0.1) is 0 Å². The fourth-order valence-electron chi connectivity index (χ4n) is 2.15. The van der Waals surface area contributed by atoms with Gasteiger partial charge in [0, 0.05) is 37.0 Å². The monoisotopic (exact) mass is 237 g/mol. The molecule has 1 heterocycles. The molecule has 0 radical (unpaired) electrons. The van der Waals surface area contributed by atoms with Crippen molar-refractivity contribution in [2.45, 2.75) is 32.4 Å². The summed E-state index contributed by atoms with van der Waals surface area (Å²) in [5, 5.41) is 0.776. The Morgan fingerprint density at radius 1 is 1.50 bits per heavy atom. The van der Waals surface area contributed by atoms with Gasteiger partial charge in [-0.3, -0.25) is 9.69 Å². The molecule has 86 valence electrons. The van der Waals surface area contributed by atoms with Crippen molar-refractivity contribution in [2.24, 2.45) is 0 Å². The molecule has 0 aliphatic carbocycles. The average Bonchev–Trinajstić information content (AvgIpc) is 2.22. The Morgan fingerprint density at radius 2 is 2.31 bits per heavy atom. The van der Waals surface area contributed by atoms with E-state index in [-0.39, 0.29) is 0 Å². The molecule has 0 bridgehead atoms. The van der Waals surface area contributed by atoms with E-state index in [9.17, 15) is 4.79 Å². The molecule has 0 spiro atoms. The van der Waals surface area contributed by atoms with Gasteiger partial charge >= 0.3 is 0 Å². The minimum Gasteiger partial charge on any atom is -0.300 e. The quantitative estimate of drug-likeness (QED) is 0.789. The third-order valence-corrected chi connectivity index (χ3v) is 3.33. The molecule has 1 aromatic rings. The standard InChI is InChI=1S/C13H16ClNO/c1-10-7-13(16)5-6-15(10)9-11-3-2-4-12(14)8-11/h2-4,8,10H,5-7,9H2,1H3. The molecule has 0 aromatic heterocycles. The lowest BCUT2D eigenvalue weighted by Gasteiger charge is -2.32. The summed E-state index contributed by atoms with van der Waals surface area (Å²) in [5.74, 6) is 0.384. The van der Waals surface area contributed by atoms with Crippen molar-refractivity contribution < 1.29 is 4.79 Å². The van der Waals surface area contributed by atoms with E-state index < -0.39 is 0 Å². The molecule has 1 atom stereocenters. The average molecular weight is 238 g/mol. The molecule has 2 nitrogen and oxygen atoms in total. The zero-order valence-corrected chi connectivity index (χ0v) is 10.2. The van der Waals surface area contributed by atoms with Gasteiger partial charge in [0.05, 0.1) is 0 Å². The summed E-state index contributed by atoms with van der Waals surface area (Å²) in [7, 11) is 0. The van der Waals surface area contributed by atoms with Crippen molar-refractivity contribution in [2.75, 3.05) is 6.54 Å². The van der Waals surface area contributed by atoms with Crippen molar-refractivity contribution in [1.82, 2.24) is 4.90 Å². The summed E-state index contributed by atoms with van der Waals surface area (Å²) in [6, 6.07) is 8.27. The molecular formula is C13H16ClNO. The van der Waals surface area contributed by atoms with Crippen LogP contribution in [0.4, 0.5) is 0 Å². The Balaban J connectivity index is 2.02. The van der Waals surface area contributed by atoms with Crippen LogP contribution >= 0.6 is 11.6 Å². The Bertz CT molecular complexity index is 391. The predicted molar refractivity (Wildman–Crippen MR) is 65.6 cm³/mol. The van der Waals surface area contributed by atoms with Crippen LogP contribution in [0.3, 0.4) is 0 Å². The number of hydrogen-bond donors (Lipinski definition) is 0. The minimum atomic E-state index is 0.347. The number of carbonyl (C=O) groups is 1. The molecular weight excluding hydrogens is 222 g/mol. The van der Waals surface area contributed by atoms with E-state index >= 15 is 0 Å². The number of piperidine rings is 1. The second-order valence-electron chi connectivity index (χ2n) is 4.44. The van der Waals surface area contributed by atoms with Crippen LogP contribution in [0.25, 0.3) is 0 Å². The summed E-state index contributed by atoms with van der Waals surface area (Å²) < 4.78 is 0. The van der Waals surface area contributed by atoms with Crippen molar-refractivity contribution in [1.29, 1.82) is 0 Å². The summed E-state index contributed by atoms with van der Waals surface area (Å²) >= 11 is 5.95. The van der Waals surface area contributed by atoms with Gasteiger partial charge in [0.2, 0.25) is 0 Å². The third-order valence-electron chi connectivity index (χ3n) is 3.10. The molecule has 1 fully saturated rings. The SMILES string of the molecule is CC1CC(=O)CCN1Cc1cccc(Cl)c1. The highest BCUT2D eigenvalue weighted by molar-refractivity contribution is 6.30. The van der Waals surface area contributed by atoms with E-state index in [2.05, 4.69) is 17.9 Å². The molecule has 1 aliphatic heterocycles. The van der Waals surface area contributed by atoms with Gasteiger partial charge in [-0.25, -0.2) is 0 Å².